The molecule has 6 nitrogen and oxygen atoms in total. The smallest absolute Gasteiger partial charge is 0.305 e. The van der Waals surface area contributed by atoms with Gasteiger partial charge in [0, 0.05) is 12.8 Å². The predicted molar refractivity (Wildman–Crippen MR) is 315 cm³/mol. The summed E-state index contributed by atoms with van der Waals surface area (Å²) in [5.41, 5.74) is 0. The molecule has 0 bridgehead atoms. The molecule has 0 spiro atoms. The normalized spacial score (nSPS) is 12.7. The summed E-state index contributed by atoms with van der Waals surface area (Å²) in [6, 6.07) is -0.543. The van der Waals surface area contributed by atoms with E-state index in [1.807, 2.05) is 0 Å². The number of amides is 1. The summed E-state index contributed by atoms with van der Waals surface area (Å²) >= 11 is 0. The van der Waals surface area contributed by atoms with Gasteiger partial charge in [0.1, 0.15) is 0 Å². The van der Waals surface area contributed by atoms with Gasteiger partial charge >= 0.3 is 5.97 Å². The molecule has 0 saturated carbocycles. The number of carbonyl (C=O) groups excluding carboxylic acids is 2. The van der Waals surface area contributed by atoms with Crippen LogP contribution in [0.3, 0.4) is 0 Å². The molecular weight excluding hydrogens is 887 g/mol. The molecule has 0 heterocycles. The second-order valence-electron chi connectivity index (χ2n) is 22.5. The zero-order valence-electron chi connectivity index (χ0n) is 48.7. The fourth-order valence-electron chi connectivity index (χ4n) is 10.3. The van der Waals surface area contributed by atoms with Crippen LogP contribution in [0.2, 0.25) is 0 Å². The van der Waals surface area contributed by atoms with Crippen molar-refractivity contribution in [3.05, 3.63) is 24.3 Å². The molecule has 0 aliphatic rings. The minimum absolute atomic E-state index is 0.0126. The molecule has 0 saturated heterocycles. The molecule has 1 amide bonds. The molecule has 0 aromatic rings. The van der Waals surface area contributed by atoms with Crippen molar-refractivity contribution in [3.8, 4) is 0 Å². The molecule has 0 aromatic carbocycles. The second kappa shape index (κ2) is 61.9. The standard InChI is InChI=1S/C66H127NO5/c1-3-5-7-9-11-13-15-17-31-35-38-42-46-50-54-58-64(69)63(62-68)67-65(70)59-55-51-47-43-39-36-32-29-27-25-23-21-19-18-20-22-24-26-28-30-33-37-41-45-49-53-57-61-72-66(71)60-56-52-48-44-40-34-16-14-12-10-8-6-4-2/h18-19,22,24,63-64,68-69H,3-17,20-21,23,25-62H2,1-2H3,(H,67,70)/b19-18-,24-22-. The average Bonchev–Trinajstić information content (AvgIpc) is 3.38. The van der Waals surface area contributed by atoms with Crippen LogP contribution in [-0.2, 0) is 14.3 Å². The van der Waals surface area contributed by atoms with Gasteiger partial charge in [-0.05, 0) is 57.8 Å². The first-order chi connectivity index (χ1) is 35.5. The summed E-state index contributed by atoms with van der Waals surface area (Å²) < 4.78 is 5.48. The van der Waals surface area contributed by atoms with E-state index in [1.165, 1.54) is 283 Å². The van der Waals surface area contributed by atoms with Gasteiger partial charge in [0.15, 0.2) is 0 Å². The lowest BCUT2D eigenvalue weighted by Gasteiger charge is -2.22. The number of ether oxygens (including phenoxy) is 1. The predicted octanol–water partition coefficient (Wildman–Crippen LogP) is 20.6. The van der Waals surface area contributed by atoms with Gasteiger partial charge in [0.2, 0.25) is 5.91 Å². The highest BCUT2D eigenvalue weighted by molar-refractivity contribution is 5.76. The van der Waals surface area contributed by atoms with E-state index in [0.717, 1.165) is 44.9 Å². The number of carbonyl (C=O) groups is 2. The molecule has 0 radical (unpaired) electrons. The largest absolute Gasteiger partial charge is 0.466 e. The van der Waals surface area contributed by atoms with Crippen LogP contribution in [0.15, 0.2) is 24.3 Å². The minimum Gasteiger partial charge on any atom is -0.466 e. The van der Waals surface area contributed by atoms with Gasteiger partial charge in [0.25, 0.3) is 0 Å². The highest BCUT2D eigenvalue weighted by atomic mass is 16.5. The van der Waals surface area contributed by atoms with Crippen LogP contribution in [0.5, 0.6) is 0 Å². The number of esters is 1. The first kappa shape index (κ1) is 70.3. The van der Waals surface area contributed by atoms with E-state index >= 15 is 0 Å². The molecule has 72 heavy (non-hydrogen) atoms. The lowest BCUT2D eigenvalue weighted by molar-refractivity contribution is -0.143. The van der Waals surface area contributed by atoms with E-state index in [2.05, 4.69) is 43.5 Å². The fourth-order valence-corrected chi connectivity index (χ4v) is 10.3. The third-order valence-corrected chi connectivity index (χ3v) is 15.3. The number of aliphatic hydroxyl groups excluding tert-OH is 2. The van der Waals surface area contributed by atoms with Crippen molar-refractivity contribution in [2.24, 2.45) is 0 Å². The Labute approximate surface area is 450 Å². The van der Waals surface area contributed by atoms with Gasteiger partial charge < -0.3 is 20.3 Å². The van der Waals surface area contributed by atoms with E-state index in [1.54, 1.807) is 0 Å². The molecule has 0 aliphatic carbocycles. The monoisotopic (exact) mass is 1010 g/mol. The van der Waals surface area contributed by atoms with Crippen molar-refractivity contribution in [1.82, 2.24) is 5.32 Å². The molecule has 0 aromatic heterocycles. The van der Waals surface area contributed by atoms with Gasteiger partial charge in [-0.3, -0.25) is 9.59 Å². The summed E-state index contributed by atoms with van der Waals surface area (Å²) in [5.74, 6) is -0.0233. The van der Waals surface area contributed by atoms with Crippen LogP contribution in [0.25, 0.3) is 0 Å². The molecule has 2 unspecified atom stereocenters. The maximum atomic E-state index is 12.5. The SMILES string of the molecule is CCCCCCCCCCCCCCCCCC(O)C(CO)NC(=O)CCCCCCCCCCCCC/C=C\C/C=C\CCCCCCCCCCCOC(=O)CCCCCCCCCCCCCCC. The summed E-state index contributed by atoms with van der Waals surface area (Å²) in [6.07, 6.45) is 76.3. The first-order valence-electron chi connectivity index (χ1n) is 32.6. The molecule has 426 valence electrons. The fraction of sp³-hybridized carbons (Fsp3) is 0.909. The van der Waals surface area contributed by atoms with Gasteiger partial charge in [-0.15, -0.1) is 0 Å². The Morgan fingerprint density at radius 2 is 0.694 bits per heavy atom. The minimum atomic E-state index is -0.666. The number of hydrogen-bond acceptors (Lipinski definition) is 5. The first-order valence-corrected chi connectivity index (χ1v) is 32.6. The number of rotatable bonds is 61. The van der Waals surface area contributed by atoms with Crippen LogP contribution in [0, 0.1) is 0 Å². The third-order valence-electron chi connectivity index (χ3n) is 15.3. The second-order valence-corrected chi connectivity index (χ2v) is 22.5. The summed E-state index contributed by atoms with van der Waals surface area (Å²) in [6.45, 7) is 4.97. The maximum Gasteiger partial charge on any atom is 0.305 e. The molecule has 0 aliphatic heterocycles. The summed E-state index contributed by atoms with van der Waals surface area (Å²) in [5, 5.41) is 23.3. The van der Waals surface area contributed by atoms with Crippen molar-refractivity contribution < 1.29 is 24.5 Å². The van der Waals surface area contributed by atoms with E-state index < -0.39 is 12.1 Å². The van der Waals surface area contributed by atoms with Crippen molar-refractivity contribution in [3.63, 3.8) is 0 Å². The van der Waals surface area contributed by atoms with E-state index in [9.17, 15) is 19.8 Å². The maximum absolute atomic E-state index is 12.5. The quantitative estimate of drug-likeness (QED) is 0.0320. The Kier molecular flexibility index (Phi) is 60.5. The number of hydrogen-bond donors (Lipinski definition) is 3. The number of nitrogens with one attached hydrogen (secondary N) is 1. The lowest BCUT2D eigenvalue weighted by atomic mass is 10.0. The van der Waals surface area contributed by atoms with Crippen molar-refractivity contribution in [1.29, 1.82) is 0 Å². The van der Waals surface area contributed by atoms with Crippen molar-refractivity contribution in [2.75, 3.05) is 13.2 Å². The molecule has 0 rings (SSSR count). The Morgan fingerprint density at radius 1 is 0.389 bits per heavy atom. The number of unbranched alkanes of at least 4 members (excludes halogenated alkanes) is 46. The molecule has 0 fully saturated rings. The van der Waals surface area contributed by atoms with E-state index in [0.29, 0.717) is 25.9 Å². The molecule has 3 N–H and O–H groups in total. The van der Waals surface area contributed by atoms with Crippen LogP contribution >= 0.6 is 0 Å². The van der Waals surface area contributed by atoms with Crippen LogP contribution < -0.4 is 5.32 Å². The van der Waals surface area contributed by atoms with E-state index in [-0.39, 0.29) is 18.5 Å². The lowest BCUT2D eigenvalue weighted by Crippen LogP contribution is -2.45. The molecule has 6 heteroatoms. The zero-order chi connectivity index (χ0) is 52.2. The van der Waals surface area contributed by atoms with Gasteiger partial charge in [-0.1, -0.05) is 314 Å². The number of allylic oxidation sites excluding steroid dienone is 4. The van der Waals surface area contributed by atoms with Crippen LogP contribution in [0.1, 0.15) is 361 Å². The van der Waals surface area contributed by atoms with Gasteiger partial charge in [-0.25, -0.2) is 0 Å². The topological polar surface area (TPSA) is 95.9 Å². The van der Waals surface area contributed by atoms with Crippen molar-refractivity contribution >= 4 is 11.9 Å². The average molecular weight is 1010 g/mol. The third kappa shape index (κ3) is 57.6. The Hall–Kier alpha value is -1.66. The van der Waals surface area contributed by atoms with Gasteiger partial charge in [-0.2, -0.15) is 0 Å². The summed E-state index contributed by atoms with van der Waals surface area (Å²) in [4.78, 5) is 24.5. The van der Waals surface area contributed by atoms with Gasteiger partial charge in [0.05, 0.1) is 25.4 Å². The zero-order valence-corrected chi connectivity index (χ0v) is 48.7. The highest BCUT2D eigenvalue weighted by Crippen LogP contribution is 2.18. The Bertz CT molecular complexity index is 1120. The highest BCUT2D eigenvalue weighted by Gasteiger charge is 2.20. The van der Waals surface area contributed by atoms with Crippen molar-refractivity contribution in [2.45, 2.75) is 373 Å². The molecule has 2 atom stereocenters. The number of aliphatic hydroxyl groups is 2. The van der Waals surface area contributed by atoms with Crippen LogP contribution in [0.4, 0.5) is 0 Å². The molecular formula is C66H127NO5. The Morgan fingerprint density at radius 3 is 1.06 bits per heavy atom. The van der Waals surface area contributed by atoms with E-state index in [4.69, 9.17) is 4.74 Å². The Balaban J connectivity index is 3.41. The van der Waals surface area contributed by atoms with Crippen LogP contribution in [-0.4, -0.2) is 47.4 Å². The summed E-state index contributed by atoms with van der Waals surface area (Å²) in [7, 11) is 0.